The quantitative estimate of drug-likeness (QED) is 0.682. The van der Waals surface area contributed by atoms with Crippen LogP contribution in [-0.2, 0) is 6.54 Å². The van der Waals surface area contributed by atoms with E-state index < -0.39 is 0 Å². The van der Waals surface area contributed by atoms with Gasteiger partial charge in [-0.25, -0.2) is 0 Å². The van der Waals surface area contributed by atoms with Gasteiger partial charge in [-0.15, -0.1) is 11.3 Å². The number of carbonyl (C=O) groups is 1. The summed E-state index contributed by atoms with van der Waals surface area (Å²) in [4.78, 5) is 17.8. The molecule has 1 aromatic carbocycles. The number of methoxy groups -OCH3 is 1. The van der Waals surface area contributed by atoms with Gasteiger partial charge in [-0.3, -0.25) is 9.78 Å². The number of rotatable bonds is 5. The first-order valence-corrected chi connectivity index (χ1v) is 8.94. The molecule has 4 nitrogen and oxygen atoms in total. The minimum atomic E-state index is -0.165. The predicted molar refractivity (Wildman–Crippen MR) is 99.4 cm³/mol. The molecule has 0 spiro atoms. The Morgan fingerprint density at radius 3 is 2.92 bits per heavy atom. The van der Waals surface area contributed by atoms with Gasteiger partial charge in [0, 0.05) is 33.9 Å². The molecule has 3 aromatic rings. The highest BCUT2D eigenvalue weighted by atomic mass is 79.9. The van der Waals surface area contributed by atoms with Crippen molar-refractivity contribution in [1.29, 1.82) is 0 Å². The maximum absolute atomic E-state index is 12.4. The van der Waals surface area contributed by atoms with Crippen LogP contribution in [0, 0.1) is 0 Å². The third kappa shape index (κ3) is 3.83. The number of carbonyl (C=O) groups excluding carboxylic acids is 1. The molecule has 0 saturated carbocycles. The summed E-state index contributed by atoms with van der Waals surface area (Å²) in [7, 11) is 1.58. The first-order valence-electron chi connectivity index (χ1n) is 7.27. The van der Waals surface area contributed by atoms with E-state index in [4.69, 9.17) is 4.74 Å². The Bertz CT molecular complexity index is 850. The van der Waals surface area contributed by atoms with Crippen molar-refractivity contribution in [2.24, 2.45) is 0 Å². The van der Waals surface area contributed by atoms with Gasteiger partial charge in [-0.05, 0) is 57.2 Å². The third-order valence-corrected chi connectivity index (χ3v) is 5.08. The minimum Gasteiger partial charge on any atom is -0.497 e. The van der Waals surface area contributed by atoms with Crippen molar-refractivity contribution < 1.29 is 9.53 Å². The van der Waals surface area contributed by atoms with E-state index >= 15 is 0 Å². The highest BCUT2D eigenvalue weighted by Crippen LogP contribution is 2.25. The molecule has 1 amide bonds. The third-order valence-electron chi connectivity index (χ3n) is 3.47. The molecule has 0 radical (unpaired) electrons. The Kier molecular flexibility index (Phi) is 5.27. The van der Waals surface area contributed by atoms with Crippen molar-refractivity contribution in [3.8, 4) is 16.2 Å². The molecule has 3 rings (SSSR count). The van der Waals surface area contributed by atoms with E-state index in [0.29, 0.717) is 17.9 Å². The van der Waals surface area contributed by atoms with Crippen molar-refractivity contribution in [3.05, 3.63) is 69.8 Å². The number of hydrogen-bond donors (Lipinski definition) is 1. The fourth-order valence-electron chi connectivity index (χ4n) is 2.24. The van der Waals surface area contributed by atoms with Crippen LogP contribution >= 0.6 is 27.3 Å². The molecule has 0 bridgehead atoms. The molecule has 0 unspecified atom stereocenters. The van der Waals surface area contributed by atoms with Crippen LogP contribution in [0.3, 0.4) is 0 Å². The topological polar surface area (TPSA) is 51.2 Å². The van der Waals surface area contributed by atoms with Crippen LogP contribution in [0.25, 0.3) is 10.4 Å². The van der Waals surface area contributed by atoms with Crippen molar-refractivity contribution >= 4 is 33.2 Å². The highest BCUT2D eigenvalue weighted by molar-refractivity contribution is 9.10. The van der Waals surface area contributed by atoms with E-state index in [1.165, 1.54) is 0 Å². The molecule has 122 valence electrons. The Labute approximate surface area is 152 Å². The molecule has 0 aliphatic heterocycles. The van der Waals surface area contributed by atoms with E-state index in [2.05, 4.69) is 32.3 Å². The molecule has 0 fully saturated rings. The van der Waals surface area contributed by atoms with Crippen molar-refractivity contribution in [2.45, 2.75) is 6.54 Å². The van der Waals surface area contributed by atoms with Crippen LogP contribution in [0.5, 0.6) is 5.75 Å². The Balaban J connectivity index is 1.72. The molecule has 6 heteroatoms. The summed E-state index contributed by atoms with van der Waals surface area (Å²) in [6.45, 7) is 0.411. The number of ether oxygens (including phenoxy) is 1. The van der Waals surface area contributed by atoms with Gasteiger partial charge in [0.05, 0.1) is 12.7 Å². The zero-order valence-corrected chi connectivity index (χ0v) is 15.4. The summed E-state index contributed by atoms with van der Waals surface area (Å²) in [6, 6.07) is 11.4. The second-order valence-electron chi connectivity index (χ2n) is 5.09. The summed E-state index contributed by atoms with van der Waals surface area (Å²) in [5, 5.41) is 4.95. The zero-order chi connectivity index (χ0) is 16.9. The maximum atomic E-state index is 12.4. The number of thiophene rings is 1. The van der Waals surface area contributed by atoms with Gasteiger partial charge in [-0.1, -0.05) is 6.07 Å². The summed E-state index contributed by atoms with van der Waals surface area (Å²) in [6.07, 6.45) is 3.59. The average molecular weight is 403 g/mol. The number of nitrogens with one attached hydrogen (secondary N) is 1. The molecule has 1 N–H and O–H groups in total. The van der Waals surface area contributed by atoms with Gasteiger partial charge in [0.2, 0.25) is 0 Å². The predicted octanol–water partition coefficient (Wildman–Crippen LogP) is 4.51. The number of pyridine rings is 1. The molecule has 2 aromatic heterocycles. The summed E-state index contributed by atoms with van der Waals surface area (Å²) < 4.78 is 5.90. The Morgan fingerprint density at radius 1 is 1.29 bits per heavy atom. The second kappa shape index (κ2) is 7.59. The van der Waals surface area contributed by atoms with Crippen molar-refractivity contribution in [2.75, 3.05) is 7.11 Å². The van der Waals surface area contributed by atoms with E-state index in [-0.39, 0.29) is 5.91 Å². The molecular weight excluding hydrogens is 388 g/mol. The lowest BCUT2D eigenvalue weighted by molar-refractivity contribution is 0.0949. The SMILES string of the molecule is COc1ccc(Br)c(C(=O)NCc2cncc(-c3cccs3)c2)c1. The number of hydrogen-bond acceptors (Lipinski definition) is 4. The summed E-state index contributed by atoms with van der Waals surface area (Å²) >= 11 is 5.06. The molecule has 24 heavy (non-hydrogen) atoms. The van der Waals surface area contributed by atoms with Gasteiger partial charge in [0.25, 0.3) is 5.91 Å². The highest BCUT2D eigenvalue weighted by Gasteiger charge is 2.11. The van der Waals surface area contributed by atoms with Gasteiger partial charge in [0.1, 0.15) is 5.75 Å². The maximum Gasteiger partial charge on any atom is 0.252 e. The summed E-state index contributed by atoms with van der Waals surface area (Å²) in [5.74, 6) is 0.479. The van der Waals surface area contributed by atoms with Crippen LogP contribution in [0.2, 0.25) is 0 Å². The lowest BCUT2D eigenvalue weighted by Crippen LogP contribution is -2.23. The van der Waals surface area contributed by atoms with Gasteiger partial charge >= 0.3 is 0 Å². The molecule has 2 heterocycles. The molecule has 0 saturated heterocycles. The number of amides is 1. The fourth-order valence-corrected chi connectivity index (χ4v) is 3.38. The van der Waals surface area contributed by atoms with Crippen molar-refractivity contribution in [1.82, 2.24) is 10.3 Å². The first-order chi connectivity index (χ1) is 11.7. The normalized spacial score (nSPS) is 10.4. The lowest BCUT2D eigenvalue weighted by Gasteiger charge is -2.09. The largest absolute Gasteiger partial charge is 0.497 e. The van der Waals surface area contributed by atoms with Gasteiger partial charge in [0.15, 0.2) is 0 Å². The van der Waals surface area contributed by atoms with E-state index in [9.17, 15) is 4.79 Å². The second-order valence-corrected chi connectivity index (χ2v) is 6.89. The number of nitrogens with zero attached hydrogens (tertiary/aromatic N) is 1. The van der Waals surface area contributed by atoms with Crippen LogP contribution < -0.4 is 10.1 Å². The molecule has 0 aliphatic carbocycles. The van der Waals surface area contributed by atoms with Crippen LogP contribution in [0.1, 0.15) is 15.9 Å². The molecule has 0 aliphatic rings. The van der Waals surface area contributed by atoms with Crippen LogP contribution in [0.4, 0.5) is 0 Å². The van der Waals surface area contributed by atoms with E-state index in [1.807, 2.05) is 23.7 Å². The van der Waals surface area contributed by atoms with E-state index in [1.54, 1.807) is 42.8 Å². The minimum absolute atomic E-state index is 0.165. The average Bonchev–Trinajstić information content (AvgIpc) is 3.15. The van der Waals surface area contributed by atoms with Crippen LogP contribution in [0.15, 0.2) is 58.6 Å². The Hall–Kier alpha value is -2.18. The number of benzene rings is 1. The van der Waals surface area contributed by atoms with Gasteiger partial charge in [-0.2, -0.15) is 0 Å². The monoisotopic (exact) mass is 402 g/mol. The lowest BCUT2D eigenvalue weighted by atomic mass is 10.1. The van der Waals surface area contributed by atoms with Crippen LogP contribution in [-0.4, -0.2) is 18.0 Å². The molecular formula is C18H15BrN2O2S. The number of aromatic nitrogens is 1. The van der Waals surface area contributed by atoms with Crippen molar-refractivity contribution in [3.63, 3.8) is 0 Å². The zero-order valence-electron chi connectivity index (χ0n) is 13.0. The molecule has 0 atom stereocenters. The Morgan fingerprint density at radius 2 is 2.17 bits per heavy atom. The standard InChI is InChI=1S/C18H15BrN2O2S/c1-23-14-4-5-16(19)15(8-14)18(22)21-10-12-7-13(11-20-9-12)17-3-2-6-24-17/h2-9,11H,10H2,1H3,(H,21,22). The van der Waals surface area contributed by atoms with E-state index in [0.717, 1.165) is 20.5 Å². The smallest absolute Gasteiger partial charge is 0.252 e. The first kappa shape index (κ1) is 16.7. The summed E-state index contributed by atoms with van der Waals surface area (Å²) in [5.41, 5.74) is 2.55. The number of halogens is 1. The fraction of sp³-hybridized carbons (Fsp3) is 0.111. The van der Waals surface area contributed by atoms with Gasteiger partial charge < -0.3 is 10.1 Å².